The van der Waals surface area contributed by atoms with Crippen LogP contribution in [0.5, 0.6) is 5.75 Å². The van der Waals surface area contributed by atoms with Gasteiger partial charge >= 0.3 is 0 Å². The summed E-state index contributed by atoms with van der Waals surface area (Å²) in [5.74, 6) is 0.844. The second kappa shape index (κ2) is 6.44. The molecule has 0 spiro atoms. The highest BCUT2D eigenvalue weighted by Gasteiger charge is 2.08. The number of rotatable bonds is 4. The predicted octanol–water partition coefficient (Wildman–Crippen LogP) is 3.97. The second-order valence-corrected chi connectivity index (χ2v) is 5.39. The van der Waals surface area contributed by atoms with Gasteiger partial charge in [0.1, 0.15) is 11.8 Å². The smallest absolute Gasteiger partial charge is 0.118 e. The Morgan fingerprint density at radius 1 is 1.20 bits per heavy atom. The molecule has 0 fully saturated rings. The molecule has 0 saturated heterocycles. The Kier molecular flexibility index (Phi) is 4.65. The summed E-state index contributed by atoms with van der Waals surface area (Å²) in [4.78, 5) is 2.06. The quantitative estimate of drug-likeness (QED) is 0.851. The van der Waals surface area contributed by atoms with Crippen molar-refractivity contribution < 1.29 is 4.74 Å². The van der Waals surface area contributed by atoms with Crippen LogP contribution in [0.15, 0.2) is 46.9 Å². The minimum Gasteiger partial charge on any atom is -0.497 e. The lowest BCUT2D eigenvalue weighted by Gasteiger charge is -2.21. The fourth-order valence-electron chi connectivity index (χ4n) is 2.01. The van der Waals surface area contributed by atoms with Crippen LogP contribution in [0.2, 0.25) is 0 Å². The molecule has 2 rings (SSSR count). The molecule has 20 heavy (non-hydrogen) atoms. The van der Waals surface area contributed by atoms with E-state index in [2.05, 4.69) is 26.9 Å². The summed E-state index contributed by atoms with van der Waals surface area (Å²) < 4.78 is 6.11. The zero-order valence-corrected chi connectivity index (χ0v) is 13.0. The maximum absolute atomic E-state index is 9.18. The van der Waals surface area contributed by atoms with Crippen molar-refractivity contribution in [1.82, 2.24) is 0 Å². The lowest BCUT2D eigenvalue weighted by molar-refractivity contribution is 0.414. The van der Waals surface area contributed by atoms with Crippen molar-refractivity contribution in [2.45, 2.75) is 6.54 Å². The largest absolute Gasteiger partial charge is 0.497 e. The second-order valence-electron chi connectivity index (χ2n) is 4.48. The predicted molar refractivity (Wildman–Crippen MR) is 84.0 cm³/mol. The number of benzene rings is 2. The minimum absolute atomic E-state index is 0.671. The van der Waals surface area contributed by atoms with Crippen molar-refractivity contribution in [3.63, 3.8) is 0 Å². The van der Waals surface area contributed by atoms with Gasteiger partial charge < -0.3 is 9.64 Å². The summed E-state index contributed by atoms with van der Waals surface area (Å²) in [6.45, 7) is 0.731. The van der Waals surface area contributed by atoms with E-state index in [1.54, 1.807) is 7.11 Å². The molecule has 2 aromatic rings. The van der Waals surface area contributed by atoms with E-state index >= 15 is 0 Å². The van der Waals surface area contributed by atoms with Crippen molar-refractivity contribution in [2.24, 2.45) is 0 Å². The monoisotopic (exact) mass is 330 g/mol. The van der Waals surface area contributed by atoms with Gasteiger partial charge in [0.25, 0.3) is 0 Å². The van der Waals surface area contributed by atoms with Gasteiger partial charge in [-0.3, -0.25) is 0 Å². The molecule has 4 heteroatoms. The summed E-state index contributed by atoms with van der Waals surface area (Å²) in [5.41, 5.74) is 2.75. The number of hydrogen-bond donors (Lipinski definition) is 0. The highest BCUT2D eigenvalue weighted by atomic mass is 79.9. The zero-order valence-electron chi connectivity index (χ0n) is 11.4. The van der Waals surface area contributed by atoms with E-state index in [0.717, 1.165) is 28.0 Å². The molecular weight excluding hydrogens is 316 g/mol. The zero-order chi connectivity index (χ0) is 14.5. The molecule has 0 amide bonds. The van der Waals surface area contributed by atoms with Gasteiger partial charge in [0, 0.05) is 18.1 Å². The Labute approximate surface area is 127 Å². The summed E-state index contributed by atoms with van der Waals surface area (Å²) in [7, 11) is 3.63. The Morgan fingerprint density at radius 2 is 1.90 bits per heavy atom. The summed E-state index contributed by atoms with van der Waals surface area (Å²) in [6.07, 6.45) is 0. The van der Waals surface area contributed by atoms with Gasteiger partial charge in [-0.25, -0.2) is 0 Å². The number of halogens is 1. The van der Waals surface area contributed by atoms with Gasteiger partial charge in [0.15, 0.2) is 0 Å². The fraction of sp³-hybridized carbons (Fsp3) is 0.188. The van der Waals surface area contributed by atoms with Gasteiger partial charge in [-0.05, 0) is 35.9 Å². The molecule has 0 aromatic heterocycles. The van der Waals surface area contributed by atoms with Crippen molar-refractivity contribution >= 4 is 21.6 Å². The van der Waals surface area contributed by atoms with E-state index in [-0.39, 0.29) is 0 Å². The molecule has 0 unspecified atom stereocenters. The lowest BCUT2D eigenvalue weighted by Crippen LogP contribution is -2.17. The van der Waals surface area contributed by atoms with Crippen molar-refractivity contribution in [1.29, 1.82) is 5.26 Å². The van der Waals surface area contributed by atoms with Crippen LogP contribution in [-0.2, 0) is 6.54 Å². The Bertz CT molecular complexity index is 632. The minimum atomic E-state index is 0.671. The van der Waals surface area contributed by atoms with Crippen LogP contribution in [0.4, 0.5) is 5.69 Å². The molecular formula is C16H15BrN2O. The molecule has 0 N–H and O–H groups in total. The third kappa shape index (κ3) is 3.31. The number of nitrogens with zero attached hydrogens (tertiary/aromatic N) is 2. The number of ether oxygens (including phenoxy) is 1. The normalized spacial score (nSPS) is 9.90. The Morgan fingerprint density at radius 3 is 2.50 bits per heavy atom. The first-order valence-electron chi connectivity index (χ1n) is 6.17. The van der Waals surface area contributed by atoms with Crippen LogP contribution >= 0.6 is 15.9 Å². The van der Waals surface area contributed by atoms with Crippen molar-refractivity contribution in [3.8, 4) is 11.8 Å². The molecule has 0 saturated carbocycles. The molecule has 0 heterocycles. The van der Waals surface area contributed by atoms with Gasteiger partial charge in [-0.2, -0.15) is 5.26 Å². The Hall–Kier alpha value is -1.99. The van der Waals surface area contributed by atoms with Gasteiger partial charge in [0.2, 0.25) is 0 Å². The van der Waals surface area contributed by atoms with Crippen molar-refractivity contribution in [3.05, 3.63) is 58.1 Å². The lowest BCUT2D eigenvalue weighted by atomic mass is 10.1. The van der Waals surface area contributed by atoms with Gasteiger partial charge in [-0.1, -0.05) is 28.1 Å². The number of nitriles is 1. The third-order valence-electron chi connectivity index (χ3n) is 3.07. The van der Waals surface area contributed by atoms with E-state index in [1.165, 1.54) is 0 Å². The van der Waals surface area contributed by atoms with E-state index < -0.39 is 0 Å². The van der Waals surface area contributed by atoms with Crippen LogP contribution < -0.4 is 9.64 Å². The molecule has 102 valence electrons. The van der Waals surface area contributed by atoms with E-state index in [9.17, 15) is 5.26 Å². The van der Waals surface area contributed by atoms with Crippen molar-refractivity contribution in [2.75, 3.05) is 19.1 Å². The fourth-order valence-corrected chi connectivity index (χ4v) is 2.35. The molecule has 0 aliphatic rings. The first kappa shape index (κ1) is 14.4. The maximum Gasteiger partial charge on any atom is 0.118 e. The van der Waals surface area contributed by atoms with Gasteiger partial charge in [0.05, 0.1) is 18.4 Å². The van der Waals surface area contributed by atoms with Gasteiger partial charge in [-0.15, -0.1) is 0 Å². The molecule has 0 atom stereocenters. The van der Waals surface area contributed by atoms with Crippen LogP contribution in [-0.4, -0.2) is 14.2 Å². The molecule has 0 aliphatic heterocycles. The highest BCUT2D eigenvalue weighted by molar-refractivity contribution is 9.10. The average Bonchev–Trinajstić information content (AvgIpc) is 2.48. The molecule has 3 nitrogen and oxygen atoms in total. The standard InChI is InChI=1S/C16H15BrN2O/c1-19(11-12-3-7-15(20-2)8-4-12)16-9-14(17)6-5-13(16)10-18/h3-9H,11H2,1-2H3. The molecule has 2 aromatic carbocycles. The topological polar surface area (TPSA) is 36.3 Å². The maximum atomic E-state index is 9.18. The van der Waals surface area contributed by atoms with E-state index in [0.29, 0.717) is 5.56 Å². The molecule has 0 aliphatic carbocycles. The van der Waals surface area contributed by atoms with Crippen LogP contribution in [0.25, 0.3) is 0 Å². The highest BCUT2D eigenvalue weighted by Crippen LogP contribution is 2.25. The first-order valence-corrected chi connectivity index (χ1v) is 6.97. The molecule has 0 radical (unpaired) electrons. The van der Waals surface area contributed by atoms with Crippen LogP contribution in [0.1, 0.15) is 11.1 Å². The number of hydrogen-bond acceptors (Lipinski definition) is 3. The average molecular weight is 331 g/mol. The third-order valence-corrected chi connectivity index (χ3v) is 3.56. The van der Waals surface area contributed by atoms with E-state index in [1.807, 2.05) is 49.5 Å². The Balaban J connectivity index is 2.21. The van der Waals surface area contributed by atoms with Crippen LogP contribution in [0.3, 0.4) is 0 Å². The summed E-state index contributed by atoms with van der Waals surface area (Å²) in [5, 5.41) is 9.18. The summed E-state index contributed by atoms with van der Waals surface area (Å²) in [6, 6.07) is 15.8. The number of anilines is 1. The first-order chi connectivity index (χ1) is 9.63. The molecule has 0 bridgehead atoms. The SMILES string of the molecule is COc1ccc(CN(C)c2cc(Br)ccc2C#N)cc1. The summed E-state index contributed by atoms with van der Waals surface area (Å²) >= 11 is 3.45. The van der Waals surface area contributed by atoms with E-state index in [4.69, 9.17) is 4.74 Å². The number of methoxy groups -OCH3 is 1. The van der Waals surface area contributed by atoms with Crippen LogP contribution in [0, 0.1) is 11.3 Å².